The van der Waals surface area contributed by atoms with Crippen molar-refractivity contribution in [1.29, 1.82) is 10.5 Å². The summed E-state index contributed by atoms with van der Waals surface area (Å²) in [7, 11) is 0. The van der Waals surface area contributed by atoms with E-state index in [1.165, 1.54) is 12.1 Å². The van der Waals surface area contributed by atoms with Crippen LogP contribution in [0.3, 0.4) is 0 Å². The van der Waals surface area contributed by atoms with Crippen LogP contribution in [0, 0.1) is 22.8 Å². The molecule has 0 atom stereocenters. The Labute approximate surface area is 149 Å². The van der Waals surface area contributed by atoms with Crippen LogP contribution >= 0.6 is 31.9 Å². The highest BCUT2D eigenvalue weighted by atomic mass is 79.9. The van der Waals surface area contributed by atoms with E-state index >= 15 is 0 Å². The van der Waals surface area contributed by atoms with Crippen LogP contribution in [0.2, 0.25) is 0 Å². The van der Waals surface area contributed by atoms with Crippen molar-refractivity contribution in [3.8, 4) is 18.0 Å². The fourth-order valence-corrected chi connectivity index (χ4v) is 2.49. The van der Waals surface area contributed by atoms with Crippen LogP contribution in [0.1, 0.15) is 5.56 Å². The Morgan fingerprint density at radius 1 is 1.13 bits per heavy atom. The number of anilines is 1. The quantitative estimate of drug-likeness (QED) is 0.218. The second kappa shape index (κ2) is 7.63. The smallest absolute Gasteiger partial charge is 0.214 e. The van der Waals surface area contributed by atoms with Gasteiger partial charge in [-0.2, -0.15) is 10.5 Å². The first-order valence-corrected chi connectivity index (χ1v) is 7.82. The Kier molecular flexibility index (Phi) is 5.58. The zero-order valence-electron chi connectivity index (χ0n) is 11.5. The minimum atomic E-state index is -0.149. The number of halogens is 2. The average Bonchev–Trinajstić information content (AvgIpc) is 2.54. The molecule has 23 heavy (non-hydrogen) atoms. The summed E-state index contributed by atoms with van der Waals surface area (Å²) in [5.41, 5.74) is 1.19. The van der Waals surface area contributed by atoms with Gasteiger partial charge in [-0.3, -0.25) is 5.32 Å². The number of phenols is 1. The molecule has 2 rings (SSSR count). The van der Waals surface area contributed by atoms with Crippen LogP contribution < -0.4 is 10.6 Å². The topological polar surface area (TPSA) is 104 Å². The maximum absolute atomic E-state index is 10.1. The minimum Gasteiger partial charge on any atom is -0.505 e. The van der Waals surface area contributed by atoms with E-state index in [9.17, 15) is 5.11 Å². The van der Waals surface area contributed by atoms with Crippen molar-refractivity contribution >= 4 is 49.2 Å². The molecule has 0 radical (unpaired) electrons. The molecule has 0 heterocycles. The molecule has 0 aromatic heterocycles. The Balaban J connectivity index is 2.39. The van der Waals surface area contributed by atoms with E-state index in [0.29, 0.717) is 16.9 Å². The molecular formula is C15H9Br2N5O. The largest absolute Gasteiger partial charge is 0.505 e. The van der Waals surface area contributed by atoms with Gasteiger partial charge in [-0.05, 0) is 56.1 Å². The predicted molar refractivity (Wildman–Crippen MR) is 94.1 cm³/mol. The number of nitrogens with zero attached hydrogens (tertiary/aromatic N) is 3. The number of para-hydroxylation sites is 1. The number of nitriles is 2. The molecule has 0 aliphatic heterocycles. The van der Waals surface area contributed by atoms with E-state index in [-0.39, 0.29) is 16.2 Å². The molecule has 3 N–H and O–H groups in total. The van der Waals surface area contributed by atoms with Crippen LogP contribution in [-0.2, 0) is 0 Å². The highest BCUT2D eigenvalue weighted by molar-refractivity contribution is 9.11. The summed E-state index contributed by atoms with van der Waals surface area (Å²) < 4.78 is 1.02. The standard InChI is InChI=1S/C15H9Br2N5O/c16-10-3-1-2-4-11(10)21-15(20-8-19)22-12-6-5-9(7-18)13(17)14(12)23/h1-6,23H,(H2,20,21,22). The molecule has 0 unspecified atom stereocenters. The van der Waals surface area contributed by atoms with Gasteiger partial charge in [-0.15, -0.1) is 0 Å². The highest BCUT2D eigenvalue weighted by Crippen LogP contribution is 2.34. The van der Waals surface area contributed by atoms with Gasteiger partial charge in [0.25, 0.3) is 0 Å². The van der Waals surface area contributed by atoms with Crippen LogP contribution in [-0.4, -0.2) is 11.1 Å². The van der Waals surface area contributed by atoms with Gasteiger partial charge in [0.1, 0.15) is 6.07 Å². The van der Waals surface area contributed by atoms with Crippen molar-refractivity contribution in [2.45, 2.75) is 0 Å². The number of guanidine groups is 1. The van der Waals surface area contributed by atoms with Crippen molar-refractivity contribution in [1.82, 2.24) is 5.32 Å². The summed E-state index contributed by atoms with van der Waals surface area (Å²) >= 11 is 6.52. The second-order valence-corrected chi connectivity index (χ2v) is 5.86. The maximum Gasteiger partial charge on any atom is 0.214 e. The van der Waals surface area contributed by atoms with Crippen LogP contribution in [0.5, 0.6) is 5.75 Å². The number of aliphatic imine (C=N–C) groups is 1. The predicted octanol–water partition coefficient (Wildman–Crippen LogP) is 3.96. The molecule has 0 bridgehead atoms. The van der Waals surface area contributed by atoms with Gasteiger partial charge in [-0.25, -0.2) is 4.99 Å². The summed E-state index contributed by atoms with van der Waals surface area (Å²) in [6.07, 6.45) is 1.78. The number of benzene rings is 2. The maximum atomic E-state index is 10.1. The lowest BCUT2D eigenvalue weighted by atomic mass is 10.2. The van der Waals surface area contributed by atoms with E-state index in [0.717, 1.165) is 4.47 Å². The first-order valence-electron chi connectivity index (χ1n) is 6.23. The van der Waals surface area contributed by atoms with Crippen molar-refractivity contribution in [3.05, 3.63) is 50.9 Å². The van der Waals surface area contributed by atoms with Gasteiger partial charge in [0.2, 0.25) is 5.96 Å². The number of rotatable bonds is 2. The van der Waals surface area contributed by atoms with Crippen LogP contribution in [0.25, 0.3) is 0 Å². The number of phenolic OH excluding ortho intramolecular Hbond substituents is 1. The molecule has 0 aliphatic carbocycles. The molecule has 0 amide bonds. The third-order valence-electron chi connectivity index (χ3n) is 2.75. The zero-order chi connectivity index (χ0) is 16.8. The lowest BCUT2D eigenvalue weighted by Gasteiger charge is -2.11. The van der Waals surface area contributed by atoms with Crippen molar-refractivity contribution in [2.75, 3.05) is 5.32 Å². The SMILES string of the molecule is N#CNC(=Nc1ccccc1Br)Nc1ccc(C#N)c(Br)c1O. The number of nitrogens with one attached hydrogen (secondary N) is 2. The monoisotopic (exact) mass is 433 g/mol. The number of aromatic hydroxyl groups is 1. The Bertz CT molecular complexity index is 852. The van der Waals surface area contributed by atoms with Crippen LogP contribution in [0.4, 0.5) is 11.4 Å². The summed E-state index contributed by atoms with van der Waals surface area (Å²) in [4.78, 5) is 4.29. The fourth-order valence-electron chi connectivity index (χ4n) is 1.68. The van der Waals surface area contributed by atoms with Crippen LogP contribution in [0.15, 0.2) is 50.3 Å². The van der Waals surface area contributed by atoms with Gasteiger partial charge in [0.15, 0.2) is 11.9 Å². The zero-order valence-corrected chi connectivity index (χ0v) is 14.7. The molecule has 6 nitrogen and oxygen atoms in total. The van der Waals surface area contributed by atoms with Crippen molar-refractivity contribution < 1.29 is 5.11 Å². The fraction of sp³-hybridized carbons (Fsp3) is 0. The normalized spacial score (nSPS) is 10.5. The molecular weight excluding hydrogens is 426 g/mol. The third-order valence-corrected chi connectivity index (χ3v) is 4.22. The van der Waals surface area contributed by atoms with Gasteiger partial charge in [0, 0.05) is 4.47 Å². The molecule has 0 fully saturated rings. The lowest BCUT2D eigenvalue weighted by molar-refractivity contribution is 0.474. The molecule has 0 spiro atoms. The highest BCUT2D eigenvalue weighted by Gasteiger charge is 2.12. The van der Waals surface area contributed by atoms with E-state index in [4.69, 9.17) is 10.5 Å². The summed E-state index contributed by atoms with van der Waals surface area (Å²) in [6, 6.07) is 12.2. The van der Waals surface area contributed by atoms with Crippen molar-refractivity contribution in [3.63, 3.8) is 0 Å². The molecule has 8 heteroatoms. The van der Waals surface area contributed by atoms with Gasteiger partial charge >= 0.3 is 0 Å². The molecule has 0 saturated heterocycles. The Morgan fingerprint density at radius 3 is 2.52 bits per heavy atom. The second-order valence-electron chi connectivity index (χ2n) is 4.21. The average molecular weight is 435 g/mol. The third kappa shape index (κ3) is 4.01. The molecule has 2 aromatic rings. The van der Waals surface area contributed by atoms with E-state index in [1.807, 2.05) is 24.3 Å². The number of hydrogen-bond donors (Lipinski definition) is 3. The first-order chi connectivity index (χ1) is 11.1. The van der Waals surface area contributed by atoms with Gasteiger partial charge in [0.05, 0.1) is 21.4 Å². The number of hydrogen-bond acceptors (Lipinski definition) is 4. The molecule has 0 saturated carbocycles. The summed E-state index contributed by atoms with van der Waals surface area (Å²) in [5.74, 6) is -0.0186. The minimum absolute atomic E-state index is 0.131. The Morgan fingerprint density at radius 2 is 1.87 bits per heavy atom. The van der Waals surface area contributed by atoms with Gasteiger partial charge in [-0.1, -0.05) is 12.1 Å². The summed E-state index contributed by atoms with van der Waals surface area (Å²) in [6.45, 7) is 0. The molecule has 0 aliphatic rings. The molecule has 114 valence electrons. The van der Waals surface area contributed by atoms with Crippen molar-refractivity contribution in [2.24, 2.45) is 4.99 Å². The van der Waals surface area contributed by atoms with E-state index in [2.05, 4.69) is 47.5 Å². The lowest BCUT2D eigenvalue weighted by Crippen LogP contribution is -2.26. The molecule has 2 aromatic carbocycles. The van der Waals surface area contributed by atoms with Gasteiger partial charge < -0.3 is 10.4 Å². The summed E-state index contributed by atoms with van der Waals surface area (Å²) in [5, 5.41) is 33.1. The van der Waals surface area contributed by atoms with E-state index in [1.54, 1.807) is 12.3 Å². The first kappa shape index (κ1) is 16.8. The Hall–Kier alpha value is -2.55. The van der Waals surface area contributed by atoms with E-state index < -0.39 is 0 Å².